The summed E-state index contributed by atoms with van der Waals surface area (Å²) in [4.78, 5) is 0. The van der Waals surface area contributed by atoms with Crippen molar-refractivity contribution in [2.45, 2.75) is 51.9 Å². The van der Waals surface area contributed by atoms with Crippen LogP contribution < -0.4 is 0 Å². The van der Waals surface area contributed by atoms with Gasteiger partial charge in [-0.1, -0.05) is 57.7 Å². The fourth-order valence-corrected chi connectivity index (χ4v) is 1.25. The van der Waals surface area contributed by atoms with Crippen LogP contribution in [-0.2, 0) is 0 Å². The molecule has 0 spiro atoms. The zero-order valence-electron chi connectivity index (χ0n) is 7.51. The largest absolute Gasteiger partial charge is 0.0891 e. The van der Waals surface area contributed by atoms with Crippen molar-refractivity contribution in [1.82, 2.24) is 0 Å². The van der Waals surface area contributed by atoms with Gasteiger partial charge >= 0.3 is 0 Å². The van der Waals surface area contributed by atoms with E-state index >= 15 is 0 Å². The van der Waals surface area contributed by atoms with E-state index in [1.807, 2.05) is 0 Å². The molecule has 0 nitrogen and oxygen atoms in total. The molecule has 0 aromatic heterocycles. The second kappa shape index (κ2) is 9.96. The number of unbranched alkanes of at least 4 members (excludes halogenated alkanes) is 6. The normalized spacial score (nSPS) is 11.0. The minimum absolute atomic E-state index is 1.18. The molecule has 0 rings (SSSR count). The number of hydrogen-bond donors (Lipinski definition) is 0. The molecule has 0 N–H and O–H groups in total. The molecule has 0 fully saturated rings. The Balaban J connectivity index is 2.79. The van der Waals surface area contributed by atoms with Crippen LogP contribution in [0.5, 0.6) is 0 Å². The molecule has 0 unspecified atom stereocenters. The molecule has 65 valence electrons. The van der Waals surface area contributed by atoms with Gasteiger partial charge in [0.05, 0.1) is 0 Å². The molecule has 0 aromatic rings. The minimum Gasteiger partial charge on any atom is -0.0891 e. The molecule has 11 heavy (non-hydrogen) atoms. The van der Waals surface area contributed by atoms with Gasteiger partial charge < -0.3 is 0 Å². The van der Waals surface area contributed by atoms with Gasteiger partial charge in [0, 0.05) is 0 Å². The van der Waals surface area contributed by atoms with Crippen LogP contribution in [0.2, 0.25) is 0 Å². The average Bonchev–Trinajstić information content (AvgIpc) is 2.03. The average molecular weight is 171 g/mol. The van der Waals surface area contributed by atoms with Gasteiger partial charge in [0.2, 0.25) is 0 Å². The van der Waals surface area contributed by atoms with Crippen molar-refractivity contribution in [3.63, 3.8) is 0 Å². The van der Waals surface area contributed by atoms with Crippen molar-refractivity contribution in [3.05, 3.63) is 11.5 Å². The van der Waals surface area contributed by atoms with Crippen molar-refractivity contribution < 1.29 is 0 Å². The predicted octanol–water partition coefficient (Wildman–Crippen LogP) is 4.45. The van der Waals surface area contributed by atoms with Gasteiger partial charge in [0.25, 0.3) is 0 Å². The van der Waals surface area contributed by atoms with Crippen LogP contribution in [0.3, 0.4) is 0 Å². The lowest BCUT2D eigenvalue weighted by Gasteiger charge is -1.96. The monoisotopic (exact) mass is 171 g/mol. The summed E-state index contributed by atoms with van der Waals surface area (Å²) in [5, 5.41) is 1.73. The van der Waals surface area contributed by atoms with Gasteiger partial charge in [-0.25, -0.2) is 0 Å². The Kier molecular flexibility index (Phi) is 9.92. The van der Waals surface area contributed by atoms with Crippen LogP contribution in [0.25, 0.3) is 0 Å². The first-order chi connectivity index (χ1) is 5.41. The van der Waals surface area contributed by atoms with Crippen LogP contribution in [0.4, 0.5) is 0 Å². The maximum atomic E-state index is 4.69. The fourth-order valence-electron chi connectivity index (χ4n) is 1.11. The smallest absolute Gasteiger partial charge is 0.00265 e. The molecule has 0 saturated carbocycles. The lowest BCUT2D eigenvalue weighted by atomic mass is 10.1. The predicted molar refractivity (Wildman–Crippen MR) is 54.7 cm³/mol. The Hall–Kier alpha value is -0.0400. The van der Waals surface area contributed by atoms with Crippen molar-refractivity contribution in [2.75, 3.05) is 0 Å². The van der Waals surface area contributed by atoms with Crippen LogP contribution in [-0.4, -0.2) is 0 Å². The van der Waals surface area contributed by atoms with E-state index in [4.69, 9.17) is 12.6 Å². The van der Waals surface area contributed by atoms with Crippen molar-refractivity contribution in [2.24, 2.45) is 0 Å². The third kappa shape index (κ3) is 9.96. The van der Waals surface area contributed by atoms with Crippen molar-refractivity contribution >= 4 is 12.6 Å². The first-order valence-electron chi connectivity index (χ1n) is 4.68. The first-order valence-corrected chi connectivity index (χ1v) is 5.16. The highest BCUT2D eigenvalue weighted by Gasteiger charge is 1.87. The van der Waals surface area contributed by atoms with E-state index < -0.39 is 0 Å². The van der Waals surface area contributed by atoms with Gasteiger partial charge in [-0.15, -0.1) is 0 Å². The molecule has 0 atom stereocenters. The molecule has 0 aliphatic carbocycles. The summed E-state index contributed by atoms with van der Waals surface area (Å²) >= 11 is 4.69. The van der Waals surface area contributed by atoms with Crippen molar-refractivity contribution in [1.29, 1.82) is 0 Å². The standard InChI is InChI=1S/C10H19S/c1-2-3-4-5-6-7-8-9-10-11/h9-10H,2-8H2,1H3. The highest BCUT2D eigenvalue weighted by Crippen LogP contribution is 2.06. The Morgan fingerprint density at radius 2 is 1.64 bits per heavy atom. The molecular formula is C10H19S. The summed E-state index contributed by atoms with van der Waals surface area (Å²) in [6.07, 6.45) is 11.5. The lowest BCUT2D eigenvalue weighted by Crippen LogP contribution is -1.77. The van der Waals surface area contributed by atoms with E-state index in [2.05, 4.69) is 13.0 Å². The van der Waals surface area contributed by atoms with Crippen LogP contribution >= 0.6 is 12.6 Å². The number of hydrogen-bond acceptors (Lipinski definition) is 0. The zero-order valence-corrected chi connectivity index (χ0v) is 8.33. The lowest BCUT2D eigenvalue weighted by molar-refractivity contribution is 0.611. The second-order valence-electron chi connectivity index (χ2n) is 2.93. The Labute approximate surface area is 76.5 Å². The Bertz CT molecular complexity index is 86.9. The summed E-state index contributed by atoms with van der Waals surface area (Å²) in [6, 6.07) is 0. The Morgan fingerprint density at radius 3 is 2.27 bits per heavy atom. The van der Waals surface area contributed by atoms with Gasteiger partial charge in [-0.05, 0) is 18.2 Å². The highest BCUT2D eigenvalue weighted by molar-refractivity contribution is 7.83. The van der Waals surface area contributed by atoms with Crippen LogP contribution in [0.1, 0.15) is 51.9 Å². The molecule has 0 bridgehead atoms. The summed E-state index contributed by atoms with van der Waals surface area (Å²) < 4.78 is 0. The molecule has 1 heteroatoms. The summed E-state index contributed by atoms with van der Waals surface area (Å²) in [6.45, 7) is 2.25. The molecule has 1 radical (unpaired) electrons. The van der Waals surface area contributed by atoms with E-state index in [-0.39, 0.29) is 0 Å². The third-order valence-electron chi connectivity index (χ3n) is 1.82. The molecule has 0 aliphatic heterocycles. The molecule has 0 amide bonds. The van der Waals surface area contributed by atoms with E-state index in [0.717, 1.165) is 0 Å². The summed E-state index contributed by atoms with van der Waals surface area (Å²) in [5.74, 6) is 0. The minimum atomic E-state index is 1.18. The van der Waals surface area contributed by atoms with Gasteiger partial charge in [0.15, 0.2) is 0 Å². The van der Waals surface area contributed by atoms with E-state index in [1.54, 1.807) is 5.41 Å². The summed E-state index contributed by atoms with van der Waals surface area (Å²) in [7, 11) is 0. The molecule has 0 aliphatic rings. The molecular weight excluding hydrogens is 152 g/mol. The van der Waals surface area contributed by atoms with Gasteiger partial charge in [-0.2, -0.15) is 0 Å². The van der Waals surface area contributed by atoms with Gasteiger partial charge in [0.1, 0.15) is 0 Å². The van der Waals surface area contributed by atoms with Crippen LogP contribution in [0, 0.1) is 0 Å². The van der Waals surface area contributed by atoms with E-state index in [1.165, 1.54) is 44.9 Å². The quantitative estimate of drug-likeness (QED) is 0.496. The first kappa shape index (κ1) is 11.0. The highest BCUT2D eigenvalue weighted by atomic mass is 32.1. The van der Waals surface area contributed by atoms with Gasteiger partial charge in [-0.3, -0.25) is 0 Å². The topological polar surface area (TPSA) is 0 Å². The summed E-state index contributed by atoms with van der Waals surface area (Å²) in [5.41, 5.74) is 0. The van der Waals surface area contributed by atoms with Crippen molar-refractivity contribution in [3.8, 4) is 0 Å². The zero-order chi connectivity index (χ0) is 8.36. The Morgan fingerprint density at radius 1 is 1.00 bits per heavy atom. The maximum Gasteiger partial charge on any atom is -0.00265 e. The SMILES string of the molecule is CCCCCCCCC=C[S]. The molecule has 0 saturated heterocycles. The maximum absolute atomic E-state index is 4.69. The number of allylic oxidation sites excluding steroid dienone is 1. The number of rotatable bonds is 7. The van der Waals surface area contributed by atoms with Crippen LogP contribution in [0.15, 0.2) is 11.5 Å². The van der Waals surface area contributed by atoms with E-state index in [0.29, 0.717) is 0 Å². The van der Waals surface area contributed by atoms with E-state index in [9.17, 15) is 0 Å². The third-order valence-corrected chi connectivity index (χ3v) is 2.01. The second-order valence-corrected chi connectivity index (χ2v) is 3.20. The molecule has 0 aromatic carbocycles. The fraction of sp³-hybridized carbons (Fsp3) is 0.800. The molecule has 0 heterocycles.